The molecule has 96 valence electrons. The Kier molecular flexibility index (Phi) is 2.74. The van der Waals surface area contributed by atoms with Gasteiger partial charge in [0.25, 0.3) is 0 Å². The first-order valence-corrected chi connectivity index (χ1v) is 6.45. The molecule has 0 bridgehead atoms. The fourth-order valence-electron chi connectivity index (χ4n) is 3.26. The van der Waals surface area contributed by atoms with Crippen LogP contribution in [-0.2, 0) is 9.53 Å². The van der Waals surface area contributed by atoms with Crippen LogP contribution in [0.2, 0.25) is 0 Å². The fourth-order valence-corrected chi connectivity index (χ4v) is 3.26. The molecule has 1 N–H and O–H groups in total. The molecule has 2 heterocycles. The number of carbonyl (C=O) groups excluding carboxylic acids is 1. The number of nitrogens with zero attached hydrogens (tertiary/aromatic N) is 1. The van der Waals surface area contributed by atoms with Gasteiger partial charge in [0.2, 0.25) is 0 Å². The Hall–Kier alpha value is -1.55. The van der Waals surface area contributed by atoms with Gasteiger partial charge in [-0.3, -0.25) is 10.1 Å². The van der Waals surface area contributed by atoms with Crippen molar-refractivity contribution in [1.82, 2.24) is 5.32 Å². The Morgan fingerprint density at radius 2 is 2.28 bits per heavy atom. The average molecular weight is 246 g/mol. The van der Waals surface area contributed by atoms with Gasteiger partial charge in [-0.05, 0) is 25.0 Å². The Morgan fingerprint density at radius 3 is 3.00 bits per heavy atom. The summed E-state index contributed by atoms with van der Waals surface area (Å²) in [5, 5.41) is 3.40. The van der Waals surface area contributed by atoms with Crippen LogP contribution in [0.4, 0.5) is 5.69 Å². The second-order valence-corrected chi connectivity index (χ2v) is 4.87. The van der Waals surface area contributed by atoms with E-state index in [0.29, 0.717) is 5.92 Å². The maximum Gasteiger partial charge on any atom is 0.322 e. The Morgan fingerprint density at radius 1 is 1.50 bits per heavy atom. The summed E-state index contributed by atoms with van der Waals surface area (Å²) in [5.74, 6) is 0.239. The minimum absolute atomic E-state index is 0.155. The largest absolute Gasteiger partial charge is 0.468 e. The maximum atomic E-state index is 11.6. The molecule has 18 heavy (non-hydrogen) atoms. The zero-order valence-corrected chi connectivity index (χ0v) is 10.7. The number of carbonyl (C=O) groups is 1. The zero-order chi connectivity index (χ0) is 12.7. The van der Waals surface area contributed by atoms with Gasteiger partial charge in [-0.2, -0.15) is 0 Å². The first kappa shape index (κ1) is 11.5. The van der Waals surface area contributed by atoms with Crippen molar-refractivity contribution in [3.05, 3.63) is 29.8 Å². The third-order valence-corrected chi connectivity index (χ3v) is 4.05. The van der Waals surface area contributed by atoms with Crippen molar-refractivity contribution in [2.24, 2.45) is 0 Å². The van der Waals surface area contributed by atoms with Crippen molar-refractivity contribution in [2.75, 3.05) is 18.6 Å². The number of hydrogen-bond acceptors (Lipinski definition) is 4. The van der Waals surface area contributed by atoms with Crippen LogP contribution in [0.5, 0.6) is 0 Å². The van der Waals surface area contributed by atoms with Gasteiger partial charge in [-0.15, -0.1) is 0 Å². The Labute approximate surface area is 107 Å². The third-order valence-electron chi connectivity index (χ3n) is 4.05. The number of fused-ring (bicyclic) bond motifs is 3. The topological polar surface area (TPSA) is 41.6 Å². The molecule has 1 aromatic carbocycles. The number of methoxy groups -OCH3 is 1. The van der Waals surface area contributed by atoms with E-state index in [0.717, 1.165) is 13.0 Å². The van der Waals surface area contributed by atoms with Crippen LogP contribution in [0.15, 0.2) is 24.3 Å². The number of nitrogens with one attached hydrogen (secondary N) is 1. The summed E-state index contributed by atoms with van der Waals surface area (Å²) < 4.78 is 4.84. The van der Waals surface area contributed by atoms with Gasteiger partial charge in [-0.25, -0.2) is 0 Å². The van der Waals surface area contributed by atoms with E-state index in [1.54, 1.807) is 0 Å². The second-order valence-electron chi connectivity index (χ2n) is 4.87. The third kappa shape index (κ3) is 1.52. The number of ether oxygens (including phenoxy) is 1. The number of benzene rings is 1. The lowest BCUT2D eigenvalue weighted by atomic mass is 9.96. The molecule has 3 rings (SSSR count). The molecule has 0 unspecified atom stereocenters. The van der Waals surface area contributed by atoms with E-state index in [1.165, 1.54) is 18.4 Å². The highest BCUT2D eigenvalue weighted by Crippen LogP contribution is 2.45. The van der Waals surface area contributed by atoms with Crippen molar-refractivity contribution in [1.29, 1.82) is 0 Å². The predicted molar refractivity (Wildman–Crippen MR) is 69.5 cm³/mol. The second kappa shape index (κ2) is 4.28. The van der Waals surface area contributed by atoms with E-state index < -0.39 is 0 Å². The van der Waals surface area contributed by atoms with Crippen LogP contribution in [0, 0.1) is 0 Å². The molecule has 0 saturated carbocycles. The molecule has 0 aromatic heterocycles. The maximum absolute atomic E-state index is 11.6. The summed E-state index contributed by atoms with van der Waals surface area (Å²) in [7, 11) is 1.45. The van der Waals surface area contributed by atoms with Crippen LogP contribution in [0.3, 0.4) is 0 Å². The average Bonchev–Trinajstić information content (AvgIpc) is 2.94. The molecule has 3 atom stereocenters. The molecule has 0 amide bonds. The minimum atomic E-state index is -0.174. The number of anilines is 1. The first-order chi connectivity index (χ1) is 8.76. The summed E-state index contributed by atoms with van der Waals surface area (Å²) in [6.07, 6.45) is 1.06. The van der Waals surface area contributed by atoms with E-state index in [1.807, 2.05) is 0 Å². The van der Waals surface area contributed by atoms with Crippen LogP contribution in [-0.4, -0.2) is 31.8 Å². The highest BCUT2D eigenvalue weighted by molar-refractivity contribution is 5.77. The molecule has 1 saturated heterocycles. The molecule has 0 radical (unpaired) electrons. The molecule has 0 spiro atoms. The van der Waals surface area contributed by atoms with E-state index in [2.05, 4.69) is 41.4 Å². The van der Waals surface area contributed by atoms with Crippen molar-refractivity contribution in [3.8, 4) is 0 Å². The summed E-state index contributed by atoms with van der Waals surface area (Å²) in [6.45, 7) is 3.09. The molecule has 2 aliphatic rings. The van der Waals surface area contributed by atoms with Gasteiger partial charge < -0.3 is 9.64 Å². The first-order valence-electron chi connectivity index (χ1n) is 6.45. The number of esters is 1. The monoisotopic (exact) mass is 246 g/mol. The van der Waals surface area contributed by atoms with Crippen LogP contribution in [0.25, 0.3) is 0 Å². The van der Waals surface area contributed by atoms with Crippen molar-refractivity contribution in [3.63, 3.8) is 0 Å². The van der Waals surface area contributed by atoms with Gasteiger partial charge in [0.05, 0.1) is 13.3 Å². The smallest absolute Gasteiger partial charge is 0.322 e. The lowest BCUT2D eigenvalue weighted by molar-refractivity contribution is -0.142. The van der Waals surface area contributed by atoms with E-state index in [4.69, 9.17) is 4.74 Å². The summed E-state index contributed by atoms with van der Waals surface area (Å²) in [5.41, 5.74) is 2.65. The molecular formula is C14H18N2O2. The number of hydrogen-bond donors (Lipinski definition) is 1. The molecule has 1 fully saturated rings. The van der Waals surface area contributed by atoms with Crippen LogP contribution >= 0.6 is 0 Å². The van der Waals surface area contributed by atoms with Crippen molar-refractivity contribution in [2.45, 2.75) is 31.5 Å². The Bertz CT molecular complexity index is 475. The number of rotatable bonds is 2. The van der Waals surface area contributed by atoms with Gasteiger partial charge in [0, 0.05) is 18.2 Å². The van der Waals surface area contributed by atoms with Crippen molar-refractivity contribution < 1.29 is 9.53 Å². The van der Waals surface area contributed by atoms with Gasteiger partial charge in [0.1, 0.15) is 6.04 Å². The molecule has 1 aromatic rings. The highest BCUT2D eigenvalue weighted by atomic mass is 16.5. The number of para-hydroxylation sites is 1. The summed E-state index contributed by atoms with van der Waals surface area (Å²) in [4.78, 5) is 14.0. The van der Waals surface area contributed by atoms with E-state index in [9.17, 15) is 4.79 Å². The highest BCUT2D eigenvalue weighted by Gasteiger charge is 2.46. The standard InChI is InChI=1S/C14H18N2O2/c1-3-16-12-7-5-4-6-9(12)10-8-11(14(17)18-2)15-13(10)16/h4-7,10-11,13,15H,3,8H2,1-2H3/t10-,11+,13+/m1/s1. The minimum Gasteiger partial charge on any atom is -0.468 e. The van der Waals surface area contributed by atoms with E-state index in [-0.39, 0.29) is 18.2 Å². The van der Waals surface area contributed by atoms with Gasteiger partial charge in [-0.1, -0.05) is 18.2 Å². The lowest BCUT2D eigenvalue weighted by Gasteiger charge is -2.26. The van der Waals surface area contributed by atoms with Gasteiger partial charge >= 0.3 is 5.97 Å². The molecule has 4 heteroatoms. The molecular weight excluding hydrogens is 228 g/mol. The SMILES string of the molecule is CCN1c2ccccc2[C@H]2C[C@@H](C(=O)OC)N[C@H]21. The summed E-state index contributed by atoms with van der Waals surface area (Å²) in [6, 6.07) is 8.30. The van der Waals surface area contributed by atoms with E-state index >= 15 is 0 Å². The van der Waals surface area contributed by atoms with Crippen LogP contribution < -0.4 is 10.2 Å². The fraction of sp³-hybridized carbons (Fsp3) is 0.500. The Balaban J connectivity index is 1.92. The molecule has 2 aliphatic heterocycles. The molecule has 0 aliphatic carbocycles. The predicted octanol–water partition coefficient (Wildman–Crippen LogP) is 1.47. The van der Waals surface area contributed by atoms with Gasteiger partial charge in [0.15, 0.2) is 0 Å². The molecule has 4 nitrogen and oxygen atoms in total. The van der Waals surface area contributed by atoms with Crippen LogP contribution in [0.1, 0.15) is 24.8 Å². The normalized spacial score (nSPS) is 29.0. The van der Waals surface area contributed by atoms with Crippen molar-refractivity contribution >= 4 is 11.7 Å². The quantitative estimate of drug-likeness (QED) is 0.802. The lowest BCUT2D eigenvalue weighted by Crippen LogP contribution is -2.45. The number of likely N-dealkylation sites (N-methyl/N-ethyl adjacent to an activating group) is 1. The summed E-state index contributed by atoms with van der Waals surface area (Å²) >= 11 is 0. The zero-order valence-electron chi connectivity index (χ0n) is 10.7.